The largest absolute Gasteiger partial charge is 0.444 e. The number of nitrogens with one attached hydrogen (secondary N) is 1. The minimum atomic E-state index is -0.513. The number of hydrogen-bond donors (Lipinski definition) is 1. The first kappa shape index (κ1) is 17.8. The Balaban J connectivity index is 1.82. The van der Waals surface area contributed by atoms with Gasteiger partial charge in [0, 0.05) is 32.5 Å². The highest BCUT2D eigenvalue weighted by Crippen LogP contribution is 2.29. The van der Waals surface area contributed by atoms with Crippen LogP contribution in [0, 0.1) is 17.8 Å². The van der Waals surface area contributed by atoms with E-state index < -0.39 is 11.7 Å². The van der Waals surface area contributed by atoms with Gasteiger partial charge in [-0.2, -0.15) is 0 Å². The summed E-state index contributed by atoms with van der Waals surface area (Å²) in [6, 6.07) is 0. The van der Waals surface area contributed by atoms with E-state index in [0.717, 1.165) is 13.0 Å². The van der Waals surface area contributed by atoms with Crippen LogP contribution in [0.1, 0.15) is 47.0 Å². The summed E-state index contributed by atoms with van der Waals surface area (Å²) in [5.74, 6) is 0.819. The Hall–Kier alpha value is -1.59. The van der Waals surface area contributed by atoms with Gasteiger partial charge < -0.3 is 15.0 Å². The van der Waals surface area contributed by atoms with Crippen molar-refractivity contribution in [3.8, 4) is 0 Å². The van der Waals surface area contributed by atoms with E-state index in [-0.39, 0.29) is 23.5 Å². The summed E-state index contributed by atoms with van der Waals surface area (Å²) in [5, 5.41) is 2.81. The summed E-state index contributed by atoms with van der Waals surface area (Å²) in [6.07, 6.45) is 1.29. The fraction of sp³-hybridized carbons (Fsp3) is 0.824. The first-order chi connectivity index (χ1) is 10.7. The van der Waals surface area contributed by atoms with Crippen molar-refractivity contribution in [3.05, 3.63) is 0 Å². The summed E-state index contributed by atoms with van der Waals surface area (Å²) in [6.45, 7) is 9.52. The predicted molar refractivity (Wildman–Crippen MR) is 85.8 cm³/mol. The molecule has 1 aliphatic carbocycles. The van der Waals surface area contributed by atoms with Crippen LogP contribution in [0.15, 0.2) is 0 Å². The zero-order valence-electron chi connectivity index (χ0n) is 14.6. The lowest BCUT2D eigenvalue weighted by atomic mass is 9.81. The normalized spacial score (nSPS) is 25.7. The number of likely N-dealkylation sites (tertiary alicyclic amines) is 1. The van der Waals surface area contributed by atoms with Gasteiger partial charge in [0.15, 0.2) is 0 Å². The lowest BCUT2D eigenvalue weighted by Gasteiger charge is -2.40. The number of nitrogens with zero attached hydrogens (tertiary/aromatic N) is 1. The van der Waals surface area contributed by atoms with E-state index in [1.165, 1.54) is 0 Å². The molecule has 6 heteroatoms. The van der Waals surface area contributed by atoms with Gasteiger partial charge in [-0.15, -0.1) is 0 Å². The number of ketones is 1. The number of ether oxygens (including phenoxy) is 1. The molecule has 2 amide bonds. The average molecular weight is 324 g/mol. The number of piperidine rings is 1. The Bertz CT molecular complexity index is 475. The van der Waals surface area contributed by atoms with E-state index in [9.17, 15) is 14.4 Å². The predicted octanol–water partition coefficient (Wildman–Crippen LogP) is 1.97. The molecule has 0 aromatic carbocycles. The van der Waals surface area contributed by atoms with Crippen LogP contribution in [0.3, 0.4) is 0 Å². The van der Waals surface area contributed by atoms with Gasteiger partial charge in [-0.25, -0.2) is 4.79 Å². The van der Waals surface area contributed by atoms with Crippen molar-refractivity contribution < 1.29 is 19.1 Å². The maximum Gasteiger partial charge on any atom is 0.407 e. The molecule has 1 aliphatic heterocycles. The van der Waals surface area contributed by atoms with E-state index in [2.05, 4.69) is 12.2 Å². The van der Waals surface area contributed by atoms with Crippen LogP contribution < -0.4 is 5.32 Å². The molecule has 1 saturated carbocycles. The smallest absolute Gasteiger partial charge is 0.407 e. The molecule has 130 valence electrons. The van der Waals surface area contributed by atoms with Crippen LogP contribution in [0.25, 0.3) is 0 Å². The molecule has 0 unspecified atom stereocenters. The minimum absolute atomic E-state index is 0.0961. The lowest BCUT2D eigenvalue weighted by Crippen LogP contribution is -2.50. The molecule has 2 aliphatic rings. The Morgan fingerprint density at radius 2 is 1.96 bits per heavy atom. The van der Waals surface area contributed by atoms with E-state index in [1.807, 2.05) is 25.7 Å². The first-order valence-corrected chi connectivity index (χ1v) is 8.43. The molecule has 2 atom stereocenters. The number of amides is 2. The van der Waals surface area contributed by atoms with Crippen molar-refractivity contribution in [2.45, 2.75) is 52.6 Å². The van der Waals surface area contributed by atoms with Crippen molar-refractivity contribution in [2.75, 3.05) is 19.6 Å². The molecular weight excluding hydrogens is 296 g/mol. The monoisotopic (exact) mass is 324 g/mol. The van der Waals surface area contributed by atoms with Crippen LogP contribution in [0.4, 0.5) is 4.79 Å². The van der Waals surface area contributed by atoms with Crippen LogP contribution >= 0.6 is 0 Å². The van der Waals surface area contributed by atoms with E-state index >= 15 is 0 Å². The molecule has 1 saturated heterocycles. The maximum absolute atomic E-state index is 12.4. The third kappa shape index (κ3) is 4.94. The van der Waals surface area contributed by atoms with Crippen molar-refractivity contribution in [1.29, 1.82) is 0 Å². The van der Waals surface area contributed by atoms with Gasteiger partial charge in [0.2, 0.25) is 5.91 Å². The fourth-order valence-electron chi connectivity index (χ4n) is 3.07. The molecule has 0 aromatic rings. The van der Waals surface area contributed by atoms with E-state index in [4.69, 9.17) is 4.74 Å². The van der Waals surface area contributed by atoms with Gasteiger partial charge in [-0.05, 0) is 39.0 Å². The zero-order chi connectivity index (χ0) is 17.2. The SMILES string of the molecule is C[C@@H]1CCN(C(=O)C2CC(=O)C2)C[C@H]1CNC(=O)OC(C)(C)C. The molecule has 23 heavy (non-hydrogen) atoms. The fourth-order valence-corrected chi connectivity index (χ4v) is 3.07. The second kappa shape index (κ2) is 6.89. The number of alkyl carbamates (subject to hydrolysis) is 1. The number of hydrogen-bond acceptors (Lipinski definition) is 4. The van der Waals surface area contributed by atoms with Crippen LogP contribution in [0.5, 0.6) is 0 Å². The minimum Gasteiger partial charge on any atom is -0.444 e. The third-order valence-corrected chi connectivity index (χ3v) is 4.63. The van der Waals surface area contributed by atoms with Crippen molar-refractivity contribution in [2.24, 2.45) is 17.8 Å². The second-order valence-electron chi connectivity index (χ2n) is 7.84. The van der Waals surface area contributed by atoms with Crippen molar-refractivity contribution in [1.82, 2.24) is 10.2 Å². The molecule has 1 heterocycles. The summed E-state index contributed by atoms with van der Waals surface area (Å²) in [5.41, 5.74) is -0.513. The standard InChI is InChI=1S/C17H28N2O4/c1-11-5-6-19(15(21)12-7-14(20)8-12)10-13(11)9-18-16(22)23-17(2,3)4/h11-13H,5-10H2,1-4H3,(H,18,22)/t11-,13-/m1/s1. The summed E-state index contributed by atoms with van der Waals surface area (Å²) >= 11 is 0. The Labute approximate surface area is 137 Å². The van der Waals surface area contributed by atoms with Gasteiger partial charge >= 0.3 is 6.09 Å². The molecule has 0 spiro atoms. The first-order valence-electron chi connectivity index (χ1n) is 8.43. The number of carbonyl (C=O) groups excluding carboxylic acids is 3. The third-order valence-electron chi connectivity index (χ3n) is 4.63. The summed E-state index contributed by atoms with van der Waals surface area (Å²) < 4.78 is 5.25. The Morgan fingerprint density at radius 3 is 2.52 bits per heavy atom. The van der Waals surface area contributed by atoms with Gasteiger partial charge in [0.05, 0.1) is 5.92 Å². The van der Waals surface area contributed by atoms with Crippen LogP contribution in [-0.2, 0) is 14.3 Å². The highest BCUT2D eigenvalue weighted by molar-refractivity contribution is 5.96. The highest BCUT2D eigenvalue weighted by atomic mass is 16.6. The van der Waals surface area contributed by atoms with Crippen LogP contribution in [-0.4, -0.2) is 47.9 Å². The Morgan fingerprint density at radius 1 is 1.30 bits per heavy atom. The zero-order valence-corrected chi connectivity index (χ0v) is 14.6. The van der Waals surface area contributed by atoms with Crippen molar-refractivity contribution >= 4 is 17.8 Å². The number of rotatable bonds is 3. The summed E-state index contributed by atoms with van der Waals surface area (Å²) in [7, 11) is 0. The molecule has 6 nitrogen and oxygen atoms in total. The molecule has 0 radical (unpaired) electrons. The Kier molecular flexibility index (Phi) is 5.32. The molecule has 2 rings (SSSR count). The number of carbonyl (C=O) groups is 3. The lowest BCUT2D eigenvalue weighted by molar-refractivity contribution is -0.146. The van der Waals surface area contributed by atoms with E-state index in [1.54, 1.807) is 0 Å². The van der Waals surface area contributed by atoms with Crippen molar-refractivity contribution in [3.63, 3.8) is 0 Å². The van der Waals surface area contributed by atoms with Crippen LogP contribution in [0.2, 0.25) is 0 Å². The molecule has 2 fully saturated rings. The average Bonchev–Trinajstić information content (AvgIpc) is 2.40. The quantitative estimate of drug-likeness (QED) is 0.861. The van der Waals surface area contributed by atoms with E-state index in [0.29, 0.717) is 31.8 Å². The topological polar surface area (TPSA) is 75.7 Å². The van der Waals surface area contributed by atoms with Gasteiger partial charge in [-0.3, -0.25) is 9.59 Å². The maximum atomic E-state index is 12.4. The number of Topliss-reactive ketones (excluding diaryl/α,β-unsaturated/α-hetero) is 1. The van der Waals surface area contributed by atoms with Gasteiger partial charge in [0.25, 0.3) is 0 Å². The molecule has 0 bridgehead atoms. The molecule has 1 N–H and O–H groups in total. The molecule has 0 aromatic heterocycles. The highest BCUT2D eigenvalue weighted by Gasteiger charge is 2.38. The summed E-state index contributed by atoms with van der Waals surface area (Å²) in [4.78, 5) is 37.1. The van der Waals surface area contributed by atoms with Gasteiger partial charge in [0.1, 0.15) is 11.4 Å². The molecular formula is C17H28N2O4. The second-order valence-corrected chi connectivity index (χ2v) is 7.84. The van der Waals surface area contributed by atoms with Gasteiger partial charge in [-0.1, -0.05) is 6.92 Å².